The lowest BCUT2D eigenvalue weighted by Crippen LogP contribution is -2.37. The molecule has 1 saturated heterocycles. The lowest BCUT2D eigenvalue weighted by Gasteiger charge is -2.23. The summed E-state index contributed by atoms with van der Waals surface area (Å²) in [6, 6.07) is 4.87. The van der Waals surface area contributed by atoms with Gasteiger partial charge in [-0.1, -0.05) is 18.0 Å². The Labute approximate surface area is 133 Å². The lowest BCUT2D eigenvalue weighted by atomic mass is 9.81. The molecule has 0 bridgehead atoms. The fourth-order valence-electron chi connectivity index (χ4n) is 3.77. The van der Waals surface area contributed by atoms with Crippen LogP contribution in [0.2, 0.25) is 5.02 Å². The minimum absolute atomic E-state index is 0.0585. The van der Waals surface area contributed by atoms with Gasteiger partial charge in [0.15, 0.2) is 0 Å². The van der Waals surface area contributed by atoms with Gasteiger partial charge in [0.25, 0.3) is 5.91 Å². The van der Waals surface area contributed by atoms with Crippen LogP contribution in [-0.2, 0) is 4.79 Å². The molecule has 1 aromatic rings. The first-order valence-electron chi connectivity index (χ1n) is 7.34. The highest BCUT2D eigenvalue weighted by molar-refractivity contribution is 6.32. The minimum Gasteiger partial charge on any atom is -0.495 e. The first-order valence-corrected chi connectivity index (χ1v) is 7.72. The fourth-order valence-corrected chi connectivity index (χ4v) is 3.96. The maximum absolute atomic E-state index is 12.7. The summed E-state index contributed by atoms with van der Waals surface area (Å²) in [5, 5.41) is 10.0. The molecule has 2 fully saturated rings. The number of halogens is 1. The number of likely N-dealkylation sites (tertiary alicyclic amines) is 1. The molecular weight excluding hydrogens is 306 g/mol. The van der Waals surface area contributed by atoms with Gasteiger partial charge in [0.1, 0.15) is 5.75 Å². The standard InChI is InChI=1S/C16H18ClNO4/c1-22-13-7-10(4-5-12(13)17)14(19)18-8-11-3-2-6-16(11,9-18)15(20)21/h4-5,7,11H,2-3,6,8-9H2,1H3,(H,20,21)/t11-,16+/m0/s1. The van der Waals surface area contributed by atoms with E-state index in [4.69, 9.17) is 16.3 Å². The zero-order valence-corrected chi connectivity index (χ0v) is 13.1. The molecule has 6 heteroatoms. The van der Waals surface area contributed by atoms with E-state index in [0.717, 1.165) is 12.8 Å². The van der Waals surface area contributed by atoms with E-state index in [1.54, 1.807) is 23.1 Å². The third-order valence-electron chi connectivity index (χ3n) is 4.98. The predicted octanol–water partition coefficient (Wildman–Crippen LogP) is 2.68. The highest BCUT2D eigenvalue weighted by Crippen LogP contribution is 2.49. The van der Waals surface area contributed by atoms with Gasteiger partial charge >= 0.3 is 5.97 Å². The third kappa shape index (κ3) is 2.24. The number of carboxylic acids is 1. The summed E-state index contributed by atoms with van der Waals surface area (Å²) in [5.41, 5.74) is -0.284. The number of hydrogen-bond donors (Lipinski definition) is 1. The summed E-state index contributed by atoms with van der Waals surface area (Å²) in [7, 11) is 1.50. The first kappa shape index (κ1) is 15.2. The summed E-state index contributed by atoms with van der Waals surface area (Å²) in [4.78, 5) is 26.0. The number of aliphatic carboxylic acids is 1. The Morgan fingerprint density at radius 2 is 2.23 bits per heavy atom. The number of rotatable bonds is 3. The van der Waals surface area contributed by atoms with Gasteiger partial charge in [0.05, 0.1) is 17.5 Å². The number of carbonyl (C=O) groups is 2. The van der Waals surface area contributed by atoms with Gasteiger partial charge in [-0.2, -0.15) is 0 Å². The predicted molar refractivity (Wildman–Crippen MR) is 81.3 cm³/mol. The van der Waals surface area contributed by atoms with Crippen LogP contribution < -0.4 is 4.74 Å². The quantitative estimate of drug-likeness (QED) is 0.928. The van der Waals surface area contributed by atoms with Crippen molar-refractivity contribution >= 4 is 23.5 Å². The molecule has 1 heterocycles. The topological polar surface area (TPSA) is 66.8 Å². The van der Waals surface area contributed by atoms with Crippen molar-refractivity contribution in [3.05, 3.63) is 28.8 Å². The van der Waals surface area contributed by atoms with E-state index < -0.39 is 11.4 Å². The molecule has 0 radical (unpaired) electrons. The number of hydrogen-bond acceptors (Lipinski definition) is 3. The Hall–Kier alpha value is -1.75. The summed E-state index contributed by atoms with van der Waals surface area (Å²) in [5.74, 6) is -0.438. The normalized spacial score (nSPS) is 26.8. The maximum Gasteiger partial charge on any atom is 0.311 e. The average Bonchev–Trinajstić information content (AvgIpc) is 3.05. The molecule has 0 unspecified atom stereocenters. The Morgan fingerprint density at radius 3 is 2.86 bits per heavy atom. The van der Waals surface area contributed by atoms with Gasteiger partial charge in [0.2, 0.25) is 0 Å². The summed E-state index contributed by atoms with van der Waals surface area (Å²) >= 11 is 5.97. The third-order valence-corrected chi connectivity index (χ3v) is 5.29. The van der Waals surface area contributed by atoms with Crippen LogP contribution in [0.1, 0.15) is 29.6 Å². The van der Waals surface area contributed by atoms with Crippen LogP contribution in [0.25, 0.3) is 0 Å². The SMILES string of the molecule is COc1cc(C(=O)N2C[C@@H]3CCC[C@@]3(C(=O)O)C2)ccc1Cl. The van der Waals surface area contributed by atoms with E-state index in [1.165, 1.54) is 7.11 Å². The maximum atomic E-state index is 12.7. The molecule has 118 valence electrons. The van der Waals surface area contributed by atoms with Crippen molar-refractivity contribution < 1.29 is 19.4 Å². The molecule has 1 aliphatic heterocycles. The number of benzene rings is 1. The van der Waals surface area contributed by atoms with Gasteiger partial charge in [-0.15, -0.1) is 0 Å². The highest BCUT2D eigenvalue weighted by atomic mass is 35.5. The van der Waals surface area contributed by atoms with E-state index in [2.05, 4.69) is 0 Å². The van der Waals surface area contributed by atoms with Crippen molar-refractivity contribution in [2.24, 2.45) is 11.3 Å². The number of amides is 1. The number of carboxylic acid groups (broad SMARTS) is 1. The fraction of sp³-hybridized carbons (Fsp3) is 0.500. The summed E-state index contributed by atoms with van der Waals surface area (Å²) in [6.07, 6.45) is 2.45. The monoisotopic (exact) mass is 323 g/mol. The molecule has 2 aliphatic rings. The van der Waals surface area contributed by atoms with Crippen LogP contribution in [-0.4, -0.2) is 42.1 Å². The molecule has 0 aromatic heterocycles. The van der Waals surface area contributed by atoms with Crippen molar-refractivity contribution in [1.29, 1.82) is 0 Å². The molecule has 1 saturated carbocycles. The van der Waals surface area contributed by atoms with Crippen molar-refractivity contribution in [2.45, 2.75) is 19.3 Å². The van der Waals surface area contributed by atoms with Crippen molar-refractivity contribution in [1.82, 2.24) is 4.90 Å². The zero-order valence-electron chi connectivity index (χ0n) is 12.3. The van der Waals surface area contributed by atoms with Crippen LogP contribution in [0.5, 0.6) is 5.75 Å². The van der Waals surface area contributed by atoms with Crippen LogP contribution >= 0.6 is 11.6 Å². The van der Waals surface area contributed by atoms with Crippen LogP contribution in [0.3, 0.4) is 0 Å². The van der Waals surface area contributed by atoms with Gasteiger partial charge in [-0.3, -0.25) is 9.59 Å². The Bertz CT molecular complexity index is 633. The number of nitrogens with zero attached hydrogens (tertiary/aromatic N) is 1. The number of methoxy groups -OCH3 is 1. The molecule has 22 heavy (non-hydrogen) atoms. The van der Waals surface area contributed by atoms with Crippen molar-refractivity contribution in [2.75, 3.05) is 20.2 Å². The van der Waals surface area contributed by atoms with E-state index in [-0.39, 0.29) is 18.4 Å². The van der Waals surface area contributed by atoms with Gasteiger partial charge in [0, 0.05) is 18.7 Å². The van der Waals surface area contributed by atoms with Crippen molar-refractivity contribution in [3.63, 3.8) is 0 Å². The smallest absolute Gasteiger partial charge is 0.311 e. The number of ether oxygens (including phenoxy) is 1. The second-order valence-electron chi connectivity index (χ2n) is 6.09. The highest BCUT2D eigenvalue weighted by Gasteiger charge is 2.55. The second-order valence-corrected chi connectivity index (χ2v) is 6.49. The lowest BCUT2D eigenvalue weighted by molar-refractivity contribution is -0.149. The molecule has 1 N–H and O–H groups in total. The molecule has 2 atom stereocenters. The molecular formula is C16H18ClNO4. The van der Waals surface area contributed by atoms with E-state index in [9.17, 15) is 14.7 Å². The summed E-state index contributed by atoms with van der Waals surface area (Å²) < 4.78 is 5.13. The van der Waals surface area contributed by atoms with Crippen molar-refractivity contribution in [3.8, 4) is 5.75 Å². The van der Waals surface area contributed by atoms with Gasteiger partial charge in [-0.25, -0.2) is 0 Å². The molecule has 0 spiro atoms. The average molecular weight is 324 g/mol. The number of carbonyl (C=O) groups excluding carboxylic acids is 1. The number of fused-ring (bicyclic) bond motifs is 1. The Balaban J connectivity index is 1.84. The van der Waals surface area contributed by atoms with Crippen LogP contribution in [0.4, 0.5) is 0 Å². The van der Waals surface area contributed by atoms with E-state index in [0.29, 0.717) is 29.3 Å². The van der Waals surface area contributed by atoms with E-state index >= 15 is 0 Å². The summed E-state index contributed by atoms with van der Waals surface area (Å²) in [6.45, 7) is 0.798. The molecule has 1 amide bonds. The van der Waals surface area contributed by atoms with Gasteiger partial charge < -0.3 is 14.7 Å². The molecule has 1 aliphatic carbocycles. The second kappa shape index (κ2) is 5.47. The molecule has 3 rings (SSSR count). The minimum atomic E-state index is -0.779. The Morgan fingerprint density at radius 1 is 1.45 bits per heavy atom. The first-order chi connectivity index (χ1) is 10.5. The largest absolute Gasteiger partial charge is 0.495 e. The van der Waals surface area contributed by atoms with Crippen LogP contribution in [0.15, 0.2) is 18.2 Å². The molecule has 1 aromatic carbocycles. The van der Waals surface area contributed by atoms with Gasteiger partial charge in [-0.05, 0) is 37.0 Å². The zero-order chi connectivity index (χ0) is 15.9. The van der Waals surface area contributed by atoms with E-state index in [1.807, 2.05) is 0 Å². The molecule has 5 nitrogen and oxygen atoms in total. The van der Waals surface area contributed by atoms with Crippen LogP contribution in [0, 0.1) is 11.3 Å². The Kier molecular flexibility index (Phi) is 3.77.